The van der Waals surface area contributed by atoms with Gasteiger partial charge in [0.15, 0.2) is 0 Å². The monoisotopic (exact) mass is 234 g/mol. The average Bonchev–Trinajstić information content (AvgIpc) is 2.30. The second kappa shape index (κ2) is 12.4. The van der Waals surface area contributed by atoms with Crippen molar-refractivity contribution in [1.29, 1.82) is 0 Å². The van der Waals surface area contributed by atoms with E-state index < -0.39 is 0 Å². The van der Waals surface area contributed by atoms with E-state index in [1.165, 1.54) is 6.26 Å². The van der Waals surface area contributed by atoms with E-state index in [1.807, 2.05) is 0 Å². The molecule has 0 aromatic heterocycles. The Labute approximate surface area is 96.6 Å². The molecule has 5 nitrogen and oxygen atoms in total. The maximum Gasteiger partial charge on any atom is 0.144 e. The van der Waals surface area contributed by atoms with Crippen LogP contribution in [0, 0.1) is 0 Å². The minimum atomic E-state index is -0.185. The van der Waals surface area contributed by atoms with Gasteiger partial charge in [0.25, 0.3) is 0 Å². The first kappa shape index (κ1) is 15.4. The van der Waals surface area contributed by atoms with Crippen molar-refractivity contribution in [3.05, 3.63) is 12.8 Å². The Hall–Kier alpha value is -0.620. The van der Waals surface area contributed by atoms with Gasteiger partial charge in [0.2, 0.25) is 0 Å². The van der Waals surface area contributed by atoms with Crippen molar-refractivity contribution in [2.24, 2.45) is 0 Å². The van der Waals surface area contributed by atoms with Crippen LogP contribution in [0.4, 0.5) is 0 Å². The lowest BCUT2D eigenvalue weighted by Crippen LogP contribution is -2.24. The lowest BCUT2D eigenvalue weighted by molar-refractivity contribution is -0.0292. The van der Waals surface area contributed by atoms with E-state index in [0.29, 0.717) is 39.3 Å². The fraction of sp³-hybridized carbons (Fsp3) is 0.818. The lowest BCUT2D eigenvalue weighted by atomic mass is 10.4. The van der Waals surface area contributed by atoms with Gasteiger partial charge in [-0.3, -0.25) is 0 Å². The van der Waals surface area contributed by atoms with Gasteiger partial charge in [-0.2, -0.15) is 0 Å². The van der Waals surface area contributed by atoms with Crippen LogP contribution in [-0.4, -0.2) is 56.0 Å². The minimum absolute atomic E-state index is 0.125. The molecular weight excluding hydrogens is 212 g/mol. The van der Waals surface area contributed by atoms with Gasteiger partial charge in [-0.1, -0.05) is 6.58 Å². The van der Waals surface area contributed by atoms with E-state index in [2.05, 4.69) is 6.58 Å². The highest BCUT2D eigenvalue weighted by Gasteiger charge is 2.08. The fourth-order valence-corrected chi connectivity index (χ4v) is 1.03. The number of hydrogen-bond acceptors (Lipinski definition) is 5. The molecule has 0 saturated heterocycles. The molecule has 0 aliphatic carbocycles. The van der Waals surface area contributed by atoms with Crippen LogP contribution in [0.15, 0.2) is 12.8 Å². The predicted molar refractivity (Wildman–Crippen MR) is 60.1 cm³/mol. The van der Waals surface area contributed by atoms with Gasteiger partial charge in [-0.25, -0.2) is 0 Å². The van der Waals surface area contributed by atoms with Crippen molar-refractivity contribution in [1.82, 2.24) is 0 Å². The average molecular weight is 234 g/mol. The van der Waals surface area contributed by atoms with Crippen molar-refractivity contribution < 1.29 is 24.4 Å². The zero-order valence-corrected chi connectivity index (χ0v) is 9.64. The molecule has 0 fully saturated rings. The maximum absolute atomic E-state index is 8.56. The van der Waals surface area contributed by atoms with E-state index in [1.54, 1.807) is 0 Å². The third kappa shape index (κ3) is 9.92. The zero-order chi connectivity index (χ0) is 12.1. The van der Waals surface area contributed by atoms with Crippen LogP contribution in [0.3, 0.4) is 0 Å². The van der Waals surface area contributed by atoms with Crippen LogP contribution in [-0.2, 0) is 14.2 Å². The molecule has 0 aliphatic heterocycles. The summed E-state index contributed by atoms with van der Waals surface area (Å²) in [6.07, 6.45) is 2.41. The highest BCUT2D eigenvalue weighted by molar-refractivity contribution is 4.61. The predicted octanol–water partition coefficient (Wildman–Crippen LogP) is 0.313. The molecule has 0 aromatic rings. The Balaban J connectivity index is 3.49. The number of aliphatic hydroxyl groups is 2. The van der Waals surface area contributed by atoms with Crippen LogP contribution in [0.2, 0.25) is 0 Å². The third-order valence-electron chi connectivity index (χ3n) is 1.79. The Kier molecular flexibility index (Phi) is 12.0. The molecule has 96 valence electrons. The zero-order valence-electron chi connectivity index (χ0n) is 9.64. The Morgan fingerprint density at radius 1 is 1.00 bits per heavy atom. The Morgan fingerprint density at radius 2 is 1.50 bits per heavy atom. The molecule has 5 heteroatoms. The van der Waals surface area contributed by atoms with Crippen LogP contribution < -0.4 is 0 Å². The summed E-state index contributed by atoms with van der Waals surface area (Å²) >= 11 is 0. The Bertz CT molecular complexity index is 139. The molecule has 0 atom stereocenters. The second-order valence-corrected chi connectivity index (χ2v) is 3.23. The number of rotatable bonds is 12. The number of ether oxygens (including phenoxy) is 3. The molecule has 0 heterocycles. The molecule has 0 unspecified atom stereocenters. The lowest BCUT2D eigenvalue weighted by Gasteiger charge is -2.16. The van der Waals surface area contributed by atoms with Crippen LogP contribution in [0.5, 0.6) is 0 Å². The van der Waals surface area contributed by atoms with Gasteiger partial charge in [-0.15, -0.1) is 0 Å². The van der Waals surface area contributed by atoms with E-state index in [-0.39, 0.29) is 19.3 Å². The summed E-state index contributed by atoms with van der Waals surface area (Å²) in [4.78, 5) is 0. The standard InChI is InChI=1S/C11H22O5/c1-2-16-11(9-14-7-3-5-12)10-15-8-4-6-13/h2,11-13H,1,3-10H2. The van der Waals surface area contributed by atoms with Gasteiger partial charge >= 0.3 is 0 Å². The quantitative estimate of drug-likeness (QED) is 0.376. The smallest absolute Gasteiger partial charge is 0.144 e. The van der Waals surface area contributed by atoms with Gasteiger partial charge in [0, 0.05) is 26.4 Å². The van der Waals surface area contributed by atoms with Crippen molar-refractivity contribution in [3.63, 3.8) is 0 Å². The number of hydrogen-bond donors (Lipinski definition) is 2. The molecule has 2 N–H and O–H groups in total. The largest absolute Gasteiger partial charge is 0.494 e. The van der Waals surface area contributed by atoms with Crippen LogP contribution in [0.25, 0.3) is 0 Å². The molecule has 0 aromatic carbocycles. The summed E-state index contributed by atoms with van der Waals surface area (Å²) in [5, 5.41) is 17.1. The van der Waals surface area contributed by atoms with E-state index in [9.17, 15) is 0 Å². The summed E-state index contributed by atoms with van der Waals surface area (Å²) in [6.45, 7) is 5.55. The normalized spacial score (nSPS) is 10.7. The van der Waals surface area contributed by atoms with Gasteiger partial charge in [0.05, 0.1) is 19.5 Å². The summed E-state index contributed by atoms with van der Waals surface area (Å²) in [5.74, 6) is 0. The topological polar surface area (TPSA) is 68.2 Å². The van der Waals surface area contributed by atoms with Crippen molar-refractivity contribution >= 4 is 0 Å². The fourth-order valence-electron chi connectivity index (χ4n) is 1.03. The first-order valence-electron chi connectivity index (χ1n) is 5.48. The maximum atomic E-state index is 8.56. The van der Waals surface area contributed by atoms with E-state index >= 15 is 0 Å². The van der Waals surface area contributed by atoms with Crippen LogP contribution in [0.1, 0.15) is 12.8 Å². The van der Waals surface area contributed by atoms with E-state index in [0.717, 1.165) is 0 Å². The first-order valence-corrected chi connectivity index (χ1v) is 5.48. The highest BCUT2D eigenvalue weighted by Crippen LogP contribution is 1.97. The Morgan fingerprint density at radius 3 is 1.88 bits per heavy atom. The second-order valence-electron chi connectivity index (χ2n) is 3.23. The first-order chi connectivity index (χ1) is 7.85. The minimum Gasteiger partial charge on any atom is -0.494 e. The van der Waals surface area contributed by atoms with Crippen LogP contribution >= 0.6 is 0 Å². The van der Waals surface area contributed by atoms with E-state index in [4.69, 9.17) is 24.4 Å². The molecule has 0 rings (SSSR count). The molecule has 0 spiro atoms. The number of aliphatic hydroxyl groups excluding tert-OH is 2. The molecular formula is C11H22O5. The van der Waals surface area contributed by atoms with Gasteiger partial charge in [-0.05, 0) is 12.8 Å². The molecule has 16 heavy (non-hydrogen) atoms. The third-order valence-corrected chi connectivity index (χ3v) is 1.79. The summed E-state index contributed by atoms with van der Waals surface area (Å²) in [5.41, 5.74) is 0. The summed E-state index contributed by atoms with van der Waals surface area (Å²) in [6, 6.07) is 0. The van der Waals surface area contributed by atoms with Gasteiger partial charge in [0.1, 0.15) is 6.10 Å². The SMILES string of the molecule is C=COC(COCCCO)COCCCO. The molecule has 0 amide bonds. The molecule has 0 aliphatic rings. The molecule has 0 radical (unpaired) electrons. The summed E-state index contributed by atoms with van der Waals surface area (Å²) < 4.78 is 15.8. The van der Waals surface area contributed by atoms with Crippen molar-refractivity contribution in [2.75, 3.05) is 39.6 Å². The molecule has 0 bridgehead atoms. The molecule has 0 saturated carbocycles. The highest BCUT2D eigenvalue weighted by atomic mass is 16.6. The van der Waals surface area contributed by atoms with Crippen molar-refractivity contribution in [3.8, 4) is 0 Å². The van der Waals surface area contributed by atoms with Crippen molar-refractivity contribution in [2.45, 2.75) is 18.9 Å². The van der Waals surface area contributed by atoms with Gasteiger partial charge < -0.3 is 24.4 Å². The summed E-state index contributed by atoms with van der Waals surface area (Å²) in [7, 11) is 0.